The van der Waals surface area contributed by atoms with Crippen LogP contribution in [0.5, 0.6) is 0 Å². The summed E-state index contributed by atoms with van der Waals surface area (Å²) in [6.07, 6.45) is -1.52. The van der Waals surface area contributed by atoms with Gasteiger partial charge in [0.25, 0.3) is 0 Å². The van der Waals surface area contributed by atoms with Crippen LogP contribution >= 0.6 is 0 Å². The van der Waals surface area contributed by atoms with Crippen LogP contribution < -0.4 is 10.2 Å². The minimum Gasteiger partial charge on any atom is -0.465 e. The predicted molar refractivity (Wildman–Crippen MR) is 145 cm³/mol. The number of cyclic esters (lactones) is 1. The SMILES string of the molecule is CCOC(=O)C(C)N1CCN(CC2COC(=O)N2c2ccc(C(=N)NC(=O)OC(=O)c3ccccc3)cc2)CC1. The van der Waals surface area contributed by atoms with Gasteiger partial charge >= 0.3 is 24.1 Å². The molecule has 40 heavy (non-hydrogen) atoms. The summed E-state index contributed by atoms with van der Waals surface area (Å²) >= 11 is 0. The monoisotopic (exact) mass is 551 g/mol. The molecule has 2 aliphatic heterocycles. The molecule has 0 bridgehead atoms. The normalized spacial score (nSPS) is 18.5. The van der Waals surface area contributed by atoms with Crippen molar-refractivity contribution < 1.29 is 33.4 Å². The highest BCUT2D eigenvalue weighted by Crippen LogP contribution is 2.25. The number of hydrogen-bond donors (Lipinski definition) is 2. The highest BCUT2D eigenvalue weighted by molar-refractivity contribution is 6.07. The van der Waals surface area contributed by atoms with Gasteiger partial charge in [0.1, 0.15) is 18.5 Å². The number of benzene rings is 2. The molecule has 12 nitrogen and oxygen atoms in total. The van der Waals surface area contributed by atoms with Crippen LogP contribution in [0.2, 0.25) is 0 Å². The van der Waals surface area contributed by atoms with E-state index in [1.807, 2.05) is 6.92 Å². The van der Waals surface area contributed by atoms with Crippen LogP contribution in [-0.2, 0) is 19.0 Å². The van der Waals surface area contributed by atoms with Crippen LogP contribution in [0.25, 0.3) is 0 Å². The van der Waals surface area contributed by atoms with Crippen molar-refractivity contribution in [2.24, 2.45) is 0 Å². The first-order valence-electron chi connectivity index (χ1n) is 13.1. The minimum absolute atomic E-state index is 0.205. The number of carbonyl (C=O) groups excluding carboxylic acids is 4. The van der Waals surface area contributed by atoms with Crippen molar-refractivity contribution in [3.05, 3.63) is 65.7 Å². The second kappa shape index (κ2) is 13.2. The van der Waals surface area contributed by atoms with Gasteiger partial charge < -0.3 is 14.2 Å². The number of ether oxygens (including phenoxy) is 3. The van der Waals surface area contributed by atoms with Crippen molar-refractivity contribution in [1.29, 1.82) is 5.41 Å². The number of alkyl carbamates (subject to hydrolysis) is 1. The van der Waals surface area contributed by atoms with Gasteiger partial charge in [0, 0.05) is 44.0 Å². The van der Waals surface area contributed by atoms with E-state index in [4.69, 9.17) is 19.6 Å². The van der Waals surface area contributed by atoms with Gasteiger partial charge in [0.2, 0.25) is 0 Å². The molecular weight excluding hydrogens is 518 g/mol. The third kappa shape index (κ3) is 7.01. The molecule has 2 amide bonds. The summed E-state index contributed by atoms with van der Waals surface area (Å²) in [5.74, 6) is -1.30. The lowest BCUT2D eigenvalue weighted by molar-refractivity contribution is -0.149. The van der Waals surface area contributed by atoms with Crippen LogP contribution in [0.1, 0.15) is 29.8 Å². The lowest BCUT2D eigenvalue weighted by Crippen LogP contribution is -2.54. The van der Waals surface area contributed by atoms with E-state index in [0.29, 0.717) is 37.5 Å². The van der Waals surface area contributed by atoms with Gasteiger partial charge in [0.05, 0.1) is 18.2 Å². The first-order chi connectivity index (χ1) is 19.3. The van der Waals surface area contributed by atoms with E-state index in [-0.39, 0.29) is 36.1 Å². The molecule has 2 atom stereocenters. The van der Waals surface area contributed by atoms with Crippen LogP contribution in [0.4, 0.5) is 15.3 Å². The smallest absolute Gasteiger partial charge is 0.420 e. The summed E-state index contributed by atoms with van der Waals surface area (Å²) in [4.78, 5) is 54.7. The lowest BCUT2D eigenvalue weighted by atomic mass is 10.1. The van der Waals surface area contributed by atoms with Crippen LogP contribution in [0, 0.1) is 5.41 Å². The predicted octanol–water partition coefficient (Wildman–Crippen LogP) is 2.47. The molecule has 2 fully saturated rings. The Morgan fingerprint density at radius 1 is 1.02 bits per heavy atom. The molecule has 4 rings (SSSR count). The summed E-state index contributed by atoms with van der Waals surface area (Å²) in [7, 11) is 0. The molecule has 2 unspecified atom stereocenters. The fraction of sp³-hybridized carbons (Fsp3) is 0.393. The molecule has 212 valence electrons. The summed E-state index contributed by atoms with van der Waals surface area (Å²) in [5, 5.41) is 10.4. The maximum atomic E-state index is 12.6. The highest BCUT2D eigenvalue weighted by atomic mass is 16.6. The van der Waals surface area contributed by atoms with Gasteiger partial charge in [-0.05, 0) is 50.2 Å². The zero-order valence-corrected chi connectivity index (χ0v) is 22.5. The van der Waals surface area contributed by atoms with Crippen molar-refractivity contribution in [2.75, 3.05) is 50.8 Å². The van der Waals surface area contributed by atoms with Crippen LogP contribution in [-0.4, -0.2) is 97.8 Å². The summed E-state index contributed by atoms with van der Waals surface area (Å²) in [6, 6.07) is 14.1. The van der Waals surface area contributed by atoms with Crippen molar-refractivity contribution in [2.45, 2.75) is 25.9 Å². The van der Waals surface area contributed by atoms with E-state index in [0.717, 1.165) is 13.1 Å². The van der Waals surface area contributed by atoms with E-state index in [2.05, 4.69) is 15.1 Å². The molecule has 2 aromatic rings. The molecule has 2 aliphatic rings. The van der Waals surface area contributed by atoms with Gasteiger partial charge in [-0.25, -0.2) is 14.4 Å². The quantitative estimate of drug-likeness (QED) is 0.166. The third-order valence-electron chi connectivity index (χ3n) is 6.87. The first-order valence-corrected chi connectivity index (χ1v) is 13.1. The first kappa shape index (κ1) is 28.7. The van der Waals surface area contributed by atoms with Crippen LogP contribution in [0.15, 0.2) is 54.6 Å². The van der Waals surface area contributed by atoms with E-state index >= 15 is 0 Å². The molecule has 12 heteroatoms. The molecule has 2 heterocycles. The molecule has 0 saturated carbocycles. The average Bonchev–Trinajstić information content (AvgIpc) is 3.33. The Morgan fingerprint density at radius 2 is 1.70 bits per heavy atom. The second-order valence-corrected chi connectivity index (χ2v) is 9.46. The number of anilines is 1. The lowest BCUT2D eigenvalue weighted by Gasteiger charge is -2.38. The Labute approximate surface area is 232 Å². The molecule has 0 aromatic heterocycles. The molecule has 2 saturated heterocycles. The zero-order valence-electron chi connectivity index (χ0n) is 22.5. The molecular formula is C28H33N5O7. The molecule has 2 N–H and O–H groups in total. The van der Waals surface area contributed by atoms with Crippen LogP contribution in [0.3, 0.4) is 0 Å². The zero-order chi connectivity index (χ0) is 28.6. The number of nitrogens with zero attached hydrogens (tertiary/aromatic N) is 3. The average molecular weight is 552 g/mol. The van der Waals surface area contributed by atoms with Gasteiger partial charge in [-0.15, -0.1) is 0 Å². The Bertz CT molecular complexity index is 1230. The number of carbonyl (C=O) groups is 4. The topological polar surface area (TPSA) is 142 Å². The van der Waals surface area contributed by atoms with Gasteiger partial charge in [-0.1, -0.05) is 18.2 Å². The van der Waals surface area contributed by atoms with E-state index < -0.39 is 18.2 Å². The van der Waals surface area contributed by atoms with E-state index in [1.54, 1.807) is 54.3 Å². The number of nitrogens with one attached hydrogen (secondary N) is 2. The molecule has 2 aromatic carbocycles. The van der Waals surface area contributed by atoms with Gasteiger partial charge in [-0.2, -0.15) is 0 Å². The highest BCUT2D eigenvalue weighted by Gasteiger charge is 2.36. The Balaban J connectivity index is 1.30. The maximum absolute atomic E-state index is 12.6. The fourth-order valence-electron chi connectivity index (χ4n) is 4.66. The summed E-state index contributed by atoms with van der Waals surface area (Å²) in [5.41, 5.74) is 1.18. The van der Waals surface area contributed by atoms with Gasteiger partial charge in [0.15, 0.2) is 0 Å². The van der Waals surface area contributed by atoms with E-state index in [1.165, 1.54) is 12.1 Å². The van der Waals surface area contributed by atoms with Crippen molar-refractivity contribution in [3.63, 3.8) is 0 Å². The number of piperazine rings is 1. The maximum Gasteiger partial charge on any atom is 0.420 e. The van der Waals surface area contributed by atoms with Crippen molar-refractivity contribution >= 4 is 35.6 Å². The van der Waals surface area contributed by atoms with Crippen molar-refractivity contribution in [3.8, 4) is 0 Å². The standard InChI is InChI=1S/C28H33N5O7/c1-3-38-25(34)19(2)32-15-13-31(14-16-32)17-23-18-39-28(37)33(23)22-11-9-20(10-12-22)24(29)30-27(36)40-26(35)21-7-5-4-6-8-21/h4-12,19,23H,3,13-18H2,1-2H3,(H2,29,30,36). The Kier molecular flexibility index (Phi) is 9.46. The van der Waals surface area contributed by atoms with E-state index in [9.17, 15) is 19.2 Å². The number of amides is 2. The fourth-order valence-corrected chi connectivity index (χ4v) is 4.66. The number of rotatable bonds is 8. The summed E-state index contributed by atoms with van der Waals surface area (Å²) < 4.78 is 15.2. The molecule has 0 spiro atoms. The van der Waals surface area contributed by atoms with Gasteiger partial charge in [-0.3, -0.25) is 30.2 Å². The molecule has 0 aliphatic carbocycles. The third-order valence-corrected chi connectivity index (χ3v) is 6.87. The summed E-state index contributed by atoms with van der Waals surface area (Å²) in [6.45, 7) is 7.77. The second-order valence-electron chi connectivity index (χ2n) is 9.46. The largest absolute Gasteiger partial charge is 0.465 e. The number of amidine groups is 1. The van der Waals surface area contributed by atoms with Crippen molar-refractivity contribution in [1.82, 2.24) is 15.1 Å². The Morgan fingerprint density at radius 3 is 2.35 bits per heavy atom. The number of hydrogen-bond acceptors (Lipinski definition) is 10. The Hall–Kier alpha value is -4.29. The number of esters is 2. The molecule has 0 radical (unpaired) electrons. The minimum atomic E-state index is -1.07.